The average Bonchev–Trinajstić information content (AvgIpc) is 3.05. The second kappa shape index (κ2) is 6.34. The van der Waals surface area contributed by atoms with E-state index < -0.39 is 0 Å². The van der Waals surface area contributed by atoms with Crippen molar-refractivity contribution in [2.24, 2.45) is 14.1 Å². The van der Waals surface area contributed by atoms with Crippen LogP contribution in [0.4, 0.5) is 4.39 Å². The van der Waals surface area contributed by atoms with E-state index >= 15 is 0 Å². The Morgan fingerprint density at radius 2 is 1.87 bits per heavy atom. The number of aryl methyl sites for hydroxylation is 2. The molecule has 2 heterocycles. The molecule has 1 aromatic carbocycles. The molecular weight excluding hydrogens is 293 g/mol. The molecule has 0 unspecified atom stereocenters. The molecule has 2 aromatic heterocycles. The van der Waals surface area contributed by atoms with Crippen molar-refractivity contribution >= 4 is 0 Å². The highest BCUT2D eigenvalue weighted by Gasteiger charge is 2.15. The fourth-order valence-corrected chi connectivity index (χ4v) is 2.75. The van der Waals surface area contributed by atoms with Gasteiger partial charge < -0.3 is 0 Å². The third-order valence-corrected chi connectivity index (χ3v) is 3.68. The van der Waals surface area contributed by atoms with E-state index in [4.69, 9.17) is 0 Å². The summed E-state index contributed by atoms with van der Waals surface area (Å²) >= 11 is 0. The van der Waals surface area contributed by atoms with Crippen LogP contribution in [0.1, 0.15) is 11.1 Å². The molecule has 0 bridgehead atoms. The van der Waals surface area contributed by atoms with E-state index in [0.29, 0.717) is 17.8 Å². The van der Waals surface area contributed by atoms with E-state index in [1.54, 1.807) is 21.5 Å². The van der Waals surface area contributed by atoms with Gasteiger partial charge in [-0.2, -0.15) is 10.2 Å². The predicted octanol–water partition coefficient (Wildman–Crippen LogP) is 2.59. The molecule has 120 valence electrons. The highest BCUT2D eigenvalue weighted by Crippen LogP contribution is 2.25. The van der Waals surface area contributed by atoms with Crippen molar-refractivity contribution in [1.82, 2.24) is 24.5 Å². The van der Waals surface area contributed by atoms with Crippen LogP contribution in [0, 0.1) is 5.82 Å². The number of halogens is 1. The lowest BCUT2D eigenvalue weighted by molar-refractivity contribution is 0.319. The van der Waals surface area contributed by atoms with Gasteiger partial charge in [0.25, 0.3) is 0 Å². The van der Waals surface area contributed by atoms with Crippen LogP contribution in [0.3, 0.4) is 0 Å². The lowest BCUT2D eigenvalue weighted by atomic mass is 10.1. The quantitative estimate of drug-likeness (QED) is 0.727. The molecule has 6 heteroatoms. The summed E-state index contributed by atoms with van der Waals surface area (Å²) in [5.41, 5.74) is 3.39. The number of aromatic nitrogens is 4. The Labute approximate surface area is 135 Å². The van der Waals surface area contributed by atoms with Crippen molar-refractivity contribution in [3.05, 3.63) is 59.8 Å². The van der Waals surface area contributed by atoms with Gasteiger partial charge in [-0.3, -0.25) is 14.3 Å². The van der Waals surface area contributed by atoms with Gasteiger partial charge in [-0.1, -0.05) is 12.1 Å². The first-order chi connectivity index (χ1) is 11.0. The summed E-state index contributed by atoms with van der Waals surface area (Å²) in [6.07, 6.45) is 5.80. The number of benzene rings is 1. The zero-order valence-corrected chi connectivity index (χ0v) is 13.6. The topological polar surface area (TPSA) is 38.9 Å². The molecule has 0 aliphatic carbocycles. The van der Waals surface area contributed by atoms with Crippen molar-refractivity contribution < 1.29 is 4.39 Å². The molecule has 0 spiro atoms. The van der Waals surface area contributed by atoms with E-state index in [0.717, 1.165) is 17.7 Å². The van der Waals surface area contributed by atoms with Gasteiger partial charge >= 0.3 is 0 Å². The van der Waals surface area contributed by atoms with Gasteiger partial charge in [-0.15, -0.1) is 0 Å². The van der Waals surface area contributed by atoms with Crippen molar-refractivity contribution in [1.29, 1.82) is 0 Å². The minimum atomic E-state index is -0.248. The van der Waals surface area contributed by atoms with Gasteiger partial charge in [0, 0.05) is 56.3 Å². The molecule has 5 nitrogen and oxygen atoms in total. The zero-order valence-electron chi connectivity index (χ0n) is 13.6. The Hall–Kier alpha value is -2.47. The fourth-order valence-electron chi connectivity index (χ4n) is 2.75. The first-order valence-corrected chi connectivity index (χ1v) is 7.46. The predicted molar refractivity (Wildman–Crippen MR) is 87.0 cm³/mol. The first-order valence-electron chi connectivity index (χ1n) is 7.46. The van der Waals surface area contributed by atoms with E-state index in [1.165, 1.54) is 6.07 Å². The molecule has 0 fully saturated rings. The maximum atomic E-state index is 14.1. The van der Waals surface area contributed by atoms with Crippen LogP contribution in [-0.4, -0.2) is 31.5 Å². The summed E-state index contributed by atoms with van der Waals surface area (Å²) < 4.78 is 17.6. The highest BCUT2D eigenvalue weighted by molar-refractivity contribution is 5.63. The standard InChI is InChI=1S/C17H20FN5/c1-21(9-13-8-19-22(2)10-13)11-14-12-23(3)20-17(14)15-6-4-5-7-16(15)18/h4-8,10,12H,9,11H2,1-3H3. The zero-order chi connectivity index (χ0) is 16.4. The van der Waals surface area contributed by atoms with Gasteiger partial charge in [0.05, 0.1) is 11.9 Å². The number of rotatable bonds is 5. The van der Waals surface area contributed by atoms with Crippen LogP contribution in [0.25, 0.3) is 11.3 Å². The van der Waals surface area contributed by atoms with Gasteiger partial charge in [-0.25, -0.2) is 4.39 Å². The van der Waals surface area contributed by atoms with Crippen LogP contribution in [0.5, 0.6) is 0 Å². The molecule has 0 saturated carbocycles. The van der Waals surface area contributed by atoms with Gasteiger partial charge in [0.2, 0.25) is 0 Å². The molecular formula is C17H20FN5. The van der Waals surface area contributed by atoms with Gasteiger partial charge in [0.15, 0.2) is 0 Å². The van der Waals surface area contributed by atoms with Crippen molar-refractivity contribution in [2.45, 2.75) is 13.1 Å². The van der Waals surface area contributed by atoms with Gasteiger partial charge in [0.1, 0.15) is 5.82 Å². The third kappa shape index (κ3) is 3.48. The van der Waals surface area contributed by atoms with E-state index in [9.17, 15) is 4.39 Å². The molecule has 0 atom stereocenters. The molecule has 0 radical (unpaired) electrons. The van der Waals surface area contributed by atoms with Crippen LogP contribution in [0.15, 0.2) is 42.9 Å². The lowest BCUT2D eigenvalue weighted by Crippen LogP contribution is -2.17. The fraction of sp³-hybridized carbons (Fsp3) is 0.294. The average molecular weight is 313 g/mol. The molecule has 23 heavy (non-hydrogen) atoms. The van der Waals surface area contributed by atoms with E-state index in [-0.39, 0.29) is 5.82 Å². The number of hydrogen-bond donors (Lipinski definition) is 0. The molecule has 0 N–H and O–H groups in total. The van der Waals surface area contributed by atoms with Crippen molar-refractivity contribution in [2.75, 3.05) is 7.05 Å². The summed E-state index contributed by atoms with van der Waals surface area (Å²) in [6, 6.07) is 6.75. The first kappa shape index (κ1) is 15.4. The summed E-state index contributed by atoms with van der Waals surface area (Å²) in [4.78, 5) is 2.17. The minimum Gasteiger partial charge on any atom is -0.298 e. The molecule has 0 aliphatic rings. The van der Waals surface area contributed by atoms with Crippen molar-refractivity contribution in [3.8, 4) is 11.3 Å². The van der Waals surface area contributed by atoms with Crippen LogP contribution in [0.2, 0.25) is 0 Å². The van der Waals surface area contributed by atoms with Crippen molar-refractivity contribution in [3.63, 3.8) is 0 Å². The Morgan fingerprint density at radius 1 is 1.09 bits per heavy atom. The molecule has 0 saturated heterocycles. The summed E-state index contributed by atoms with van der Waals surface area (Å²) in [6.45, 7) is 1.46. The second-order valence-electron chi connectivity index (χ2n) is 5.85. The summed E-state index contributed by atoms with van der Waals surface area (Å²) in [7, 11) is 5.79. The van der Waals surface area contributed by atoms with Crippen LogP contribution in [-0.2, 0) is 27.2 Å². The number of nitrogens with zero attached hydrogens (tertiary/aromatic N) is 5. The monoisotopic (exact) mass is 313 g/mol. The Balaban J connectivity index is 1.82. The minimum absolute atomic E-state index is 0.248. The maximum Gasteiger partial charge on any atom is 0.132 e. The Morgan fingerprint density at radius 3 is 2.57 bits per heavy atom. The SMILES string of the molecule is CN(Cc1cnn(C)c1)Cc1cn(C)nc1-c1ccccc1F. The lowest BCUT2D eigenvalue weighted by Gasteiger charge is -2.15. The largest absolute Gasteiger partial charge is 0.298 e. The maximum absolute atomic E-state index is 14.1. The molecule has 0 aliphatic heterocycles. The highest BCUT2D eigenvalue weighted by atomic mass is 19.1. The normalized spacial score (nSPS) is 11.3. The number of hydrogen-bond acceptors (Lipinski definition) is 3. The molecule has 3 rings (SSSR count). The smallest absolute Gasteiger partial charge is 0.132 e. The third-order valence-electron chi connectivity index (χ3n) is 3.68. The summed E-state index contributed by atoms with van der Waals surface area (Å²) in [5, 5.41) is 8.62. The van der Waals surface area contributed by atoms with E-state index in [2.05, 4.69) is 15.1 Å². The Kier molecular flexibility index (Phi) is 4.25. The van der Waals surface area contributed by atoms with Gasteiger partial charge in [-0.05, 0) is 19.2 Å². The Bertz CT molecular complexity index is 805. The van der Waals surface area contributed by atoms with Crippen LogP contribution >= 0.6 is 0 Å². The second-order valence-corrected chi connectivity index (χ2v) is 5.85. The van der Waals surface area contributed by atoms with E-state index in [1.807, 2.05) is 45.8 Å². The van der Waals surface area contributed by atoms with Crippen LogP contribution < -0.4 is 0 Å². The molecule has 3 aromatic rings. The summed E-state index contributed by atoms with van der Waals surface area (Å²) in [5.74, 6) is -0.248. The molecule has 0 amide bonds.